The molecule has 0 aliphatic heterocycles. The van der Waals surface area contributed by atoms with Crippen molar-refractivity contribution in [1.82, 2.24) is 0 Å². The predicted molar refractivity (Wildman–Crippen MR) is 110 cm³/mol. The van der Waals surface area contributed by atoms with E-state index in [1.165, 1.54) is 16.0 Å². The second-order valence-electron chi connectivity index (χ2n) is 6.59. The third kappa shape index (κ3) is 7.29. The van der Waals surface area contributed by atoms with E-state index in [0.717, 1.165) is 17.9 Å². The highest BCUT2D eigenvalue weighted by atomic mass is 35.5. The van der Waals surface area contributed by atoms with Gasteiger partial charge in [0.05, 0.1) is 19.3 Å². The van der Waals surface area contributed by atoms with Crippen molar-refractivity contribution in [2.45, 2.75) is 37.9 Å². The summed E-state index contributed by atoms with van der Waals surface area (Å²) < 4.78 is 5.76. The normalized spacial score (nSPS) is 13.6. The molecule has 0 aliphatic carbocycles. The van der Waals surface area contributed by atoms with E-state index in [9.17, 15) is 5.11 Å². The monoisotopic (exact) mass is 394 g/mol. The van der Waals surface area contributed by atoms with E-state index in [4.69, 9.17) is 16.3 Å². The third-order valence-electron chi connectivity index (χ3n) is 4.39. The van der Waals surface area contributed by atoms with Gasteiger partial charge in [-0.3, -0.25) is 0 Å². The molecule has 26 heavy (non-hydrogen) atoms. The quantitative estimate of drug-likeness (QED) is 0.476. The molecule has 0 aliphatic rings. The zero-order chi connectivity index (χ0) is 18.9. The van der Waals surface area contributed by atoms with Gasteiger partial charge in [-0.1, -0.05) is 29.8 Å². The molecule has 2 atom stereocenters. The number of aryl methyl sites for hydroxylation is 2. The summed E-state index contributed by atoms with van der Waals surface area (Å²) in [4.78, 5) is 1.31. The first-order valence-electron chi connectivity index (χ1n) is 9.02. The highest BCUT2D eigenvalue weighted by Gasteiger charge is 2.11. The average Bonchev–Trinajstić information content (AvgIpc) is 2.63. The molecule has 0 heterocycles. The number of ether oxygens (including phenoxy) is 1. The zero-order valence-electron chi connectivity index (χ0n) is 15.7. The van der Waals surface area contributed by atoms with Gasteiger partial charge in [-0.25, -0.2) is 0 Å². The first-order chi connectivity index (χ1) is 12.5. The Morgan fingerprint density at radius 1 is 1.12 bits per heavy atom. The number of benzene rings is 2. The maximum atomic E-state index is 10.1. The van der Waals surface area contributed by atoms with Gasteiger partial charge in [-0.15, -0.1) is 11.8 Å². The smallest absolute Gasteiger partial charge is 0.126 e. The van der Waals surface area contributed by atoms with Crippen LogP contribution in [0, 0.1) is 13.8 Å². The summed E-state index contributed by atoms with van der Waals surface area (Å²) in [5.74, 6) is 1.03. The second-order valence-corrected chi connectivity index (χ2v) is 8.19. The molecule has 0 amide bonds. The number of halogens is 1. The molecule has 2 aromatic carbocycles. The van der Waals surface area contributed by atoms with E-state index in [-0.39, 0.29) is 6.10 Å². The lowest BCUT2D eigenvalue weighted by atomic mass is 10.1. The topological polar surface area (TPSA) is 46.1 Å². The van der Waals surface area contributed by atoms with E-state index >= 15 is 0 Å². The summed E-state index contributed by atoms with van der Waals surface area (Å²) in [6.07, 6.45) is -0.515. The van der Waals surface area contributed by atoms with Gasteiger partial charge in [0, 0.05) is 15.7 Å². The lowest BCUT2D eigenvalue weighted by molar-refractivity contribution is -0.657. The van der Waals surface area contributed by atoms with Crippen LogP contribution in [-0.4, -0.2) is 36.7 Å². The highest BCUT2D eigenvalue weighted by Crippen LogP contribution is 2.20. The molecular weight excluding hydrogens is 366 g/mol. The molecule has 142 valence electrons. The Morgan fingerprint density at radius 2 is 1.85 bits per heavy atom. The minimum Gasteiger partial charge on any atom is -0.385 e. The van der Waals surface area contributed by atoms with Crippen LogP contribution < -0.4 is 5.32 Å². The van der Waals surface area contributed by atoms with Gasteiger partial charge >= 0.3 is 0 Å². The Balaban J connectivity index is 1.59. The molecule has 0 fully saturated rings. The summed E-state index contributed by atoms with van der Waals surface area (Å²) in [5.41, 5.74) is 3.73. The maximum Gasteiger partial charge on any atom is 0.126 e. The maximum absolute atomic E-state index is 10.1. The predicted octanol–water partition coefficient (Wildman–Crippen LogP) is 3.75. The highest BCUT2D eigenvalue weighted by molar-refractivity contribution is 7.99. The Hall–Kier alpha value is -1.04. The molecule has 5 heteroatoms. The number of quaternary nitrogens is 1. The van der Waals surface area contributed by atoms with Crippen LogP contribution in [0.15, 0.2) is 47.4 Å². The molecule has 3 N–H and O–H groups in total. The lowest BCUT2D eigenvalue weighted by Gasteiger charge is -2.16. The van der Waals surface area contributed by atoms with Gasteiger partial charge in [-0.05, 0) is 61.7 Å². The van der Waals surface area contributed by atoms with Crippen molar-refractivity contribution < 1.29 is 15.2 Å². The first-order valence-corrected chi connectivity index (χ1v) is 10.4. The second kappa shape index (κ2) is 11.0. The fourth-order valence-corrected chi connectivity index (χ4v) is 3.60. The Labute approximate surface area is 166 Å². The van der Waals surface area contributed by atoms with Crippen LogP contribution >= 0.6 is 23.4 Å². The third-order valence-corrected chi connectivity index (χ3v) is 5.66. The molecule has 0 spiro atoms. The fourth-order valence-electron chi connectivity index (χ4n) is 2.53. The SMILES string of the molecule is Cc1ccc(SCC[NH2+]C[C@H](O)CO[C@@H](C)c2ccc(Cl)cc2)cc1C. The molecule has 0 saturated heterocycles. The Bertz CT molecular complexity index is 678. The van der Waals surface area contributed by atoms with Crippen LogP contribution in [-0.2, 0) is 4.74 Å². The van der Waals surface area contributed by atoms with Crippen LogP contribution in [0.5, 0.6) is 0 Å². The van der Waals surface area contributed by atoms with Crippen LogP contribution in [0.25, 0.3) is 0 Å². The van der Waals surface area contributed by atoms with Crippen molar-refractivity contribution in [2.24, 2.45) is 0 Å². The fraction of sp³-hybridized carbons (Fsp3) is 0.429. The Morgan fingerprint density at radius 3 is 2.54 bits per heavy atom. The van der Waals surface area contributed by atoms with E-state index in [1.54, 1.807) is 0 Å². The summed E-state index contributed by atoms with van der Waals surface area (Å²) >= 11 is 7.75. The molecule has 0 aromatic heterocycles. The van der Waals surface area contributed by atoms with E-state index in [0.29, 0.717) is 18.2 Å². The van der Waals surface area contributed by atoms with Crippen molar-refractivity contribution in [1.29, 1.82) is 0 Å². The molecule has 0 bridgehead atoms. The minimum atomic E-state index is -0.462. The standard InChI is InChI=1S/C21H28ClNO2S/c1-15-4-9-21(12-16(15)2)26-11-10-23-13-20(24)14-25-17(3)18-5-7-19(22)8-6-18/h4-9,12,17,20,23-24H,10-11,13-14H2,1-3H3/p+1/t17-,20-/m0/s1. The molecule has 2 aromatic rings. The number of aliphatic hydroxyl groups is 1. The van der Waals surface area contributed by atoms with Crippen LogP contribution in [0.4, 0.5) is 0 Å². The largest absolute Gasteiger partial charge is 0.385 e. The van der Waals surface area contributed by atoms with Gasteiger partial charge in [0.25, 0.3) is 0 Å². The van der Waals surface area contributed by atoms with Crippen LogP contribution in [0.1, 0.15) is 29.7 Å². The summed E-state index contributed by atoms with van der Waals surface area (Å²) in [6, 6.07) is 14.2. The van der Waals surface area contributed by atoms with E-state index < -0.39 is 6.10 Å². The van der Waals surface area contributed by atoms with Gasteiger partial charge in [0.2, 0.25) is 0 Å². The van der Waals surface area contributed by atoms with Gasteiger partial charge in [0.1, 0.15) is 12.6 Å². The average molecular weight is 395 g/mol. The molecule has 0 radical (unpaired) electrons. The minimum absolute atomic E-state index is 0.0535. The molecule has 0 unspecified atom stereocenters. The Kier molecular flexibility index (Phi) is 8.96. The molecule has 2 rings (SSSR count). The van der Waals surface area contributed by atoms with E-state index in [2.05, 4.69) is 37.4 Å². The number of nitrogens with two attached hydrogens (primary N) is 1. The molecule has 3 nitrogen and oxygen atoms in total. The summed E-state index contributed by atoms with van der Waals surface area (Å²) in [5, 5.41) is 13.0. The van der Waals surface area contributed by atoms with Crippen molar-refractivity contribution in [2.75, 3.05) is 25.4 Å². The van der Waals surface area contributed by atoms with Crippen molar-refractivity contribution >= 4 is 23.4 Å². The first kappa shape index (κ1) is 21.3. The lowest BCUT2D eigenvalue weighted by Crippen LogP contribution is -2.87. The van der Waals surface area contributed by atoms with E-state index in [1.807, 2.05) is 43.0 Å². The van der Waals surface area contributed by atoms with Gasteiger partial charge < -0.3 is 15.2 Å². The number of thioether (sulfide) groups is 1. The number of hydrogen-bond donors (Lipinski definition) is 2. The summed E-state index contributed by atoms with van der Waals surface area (Å²) in [7, 11) is 0. The number of hydrogen-bond acceptors (Lipinski definition) is 3. The zero-order valence-corrected chi connectivity index (χ0v) is 17.3. The van der Waals surface area contributed by atoms with Crippen LogP contribution in [0.2, 0.25) is 5.02 Å². The van der Waals surface area contributed by atoms with Crippen molar-refractivity contribution in [3.63, 3.8) is 0 Å². The van der Waals surface area contributed by atoms with Gasteiger partial charge in [0.15, 0.2) is 0 Å². The van der Waals surface area contributed by atoms with Crippen LogP contribution in [0.3, 0.4) is 0 Å². The van der Waals surface area contributed by atoms with Gasteiger partial charge in [-0.2, -0.15) is 0 Å². The molecule has 0 saturated carbocycles. The number of rotatable bonds is 10. The number of aliphatic hydroxyl groups excluding tert-OH is 1. The van der Waals surface area contributed by atoms with Crippen molar-refractivity contribution in [3.05, 3.63) is 64.2 Å². The molecular formula is C21H29ClNO2S+. The summed E-state index contributed by atoms with van der Waals surface area (Å²) in [6.45, 7) is 8.23. The van der Waals surface area contributed by atoms with Crippen molar-refractivity contribution in [3.8, 4) is 0 Å².